The molecule has 1 aromatic carbocycles. The summed E-state index contributed by atoms with van der Waals surface area (Å²) in [5.74, 6) is 1.62. The molecule has 1 saturated carbocycles. The first-order valence-corrected chi connectivity index (χ1v) is 6.58. The zero-order valence-electron chi connectivity index (χ0n) is 10.7. The lowest BCUT2D eigenvalue weighted by atomic mass is 10.2. The molecule has 2 heterocycles. The Morgan fingerprint density at radius 1 is 1.30 bits per heavy atom. The zero-order valence-corrected chi connectivity index (χ0v) is 10.7. The third-order valence-electron chi connectivity index (χ3n) is 3.45. The van der Waals surface area contributed by atoms with E-state index in [-0.39, 0.29) is 12.1 Å². The standard InChI is InChI=1S/C14H12N4O2/c19-14-10-3-1-2-4-11(10)15-8-18(14)7-12-16-13(20-17-12)9-5-6-9/h1-4,8-9H,5-7H2. The van der Waals surface area contributed by atoms with Crippen LogP contribution in [-0.4, -0.2) is 19.7 Å². The van der Waals surface area contributed by atoms with E-state index in [1.54, 1.807) is 6.07 Å². The Labute approximate surface area is 114 Å². The quantitative estimate of drug-likeness (QED) is 0.723. The monoisotopic (exact) mass is 268 g/mol. The molecule has 0 spiro atoms. The lowest BCUT2D eigenvalue weighted by Gasteiger charge is -2.03. The normalized spacial score (nSPS) is 14.8. The van der Waals surface area contributed by atoms with Gasteiger partial charge in [0, 0.05) is 5.92 Å². The van der Waals surface area contributed by atoms with Gasteiger partial charge in [0.25, 0.3) is 5.56 Å². The molecule has 4 rings (SSSR count). The largest absolute Gasteiger partial charge is 0.339 e. The van der Waals surface area contributed by atoms with E-state index >= 15 is 0 Å². The van der Waals surface area contributed by atoms with Gasteiger partial charge in [-0.25, -0.2) is 4.98 Å². The van der Waals surface area contributed by atoms with Gasteiger partial charge < -0.3 is 4.52 Å². The molecule has 0 bridgehead atoms. The Balaban J connectivity index is 1.70. The first-order chi connectivity index (χ1) is 9.81. The minimum absolute atomic E-state index is 0.0895. The van der Waals surface area contributed by atoms with Crippen LogP contribution in [0.1, 0.15) is 30.5 Å². The number of nitrogens with zero attached hydrogens (tertiary/aromatic N) is 4. The molecule has 2 aromatic heterocycles. The molecular weight excluding hydrogens is 256 g/mol. The summed E-state index contributed by atoms with van der Waals surface area (Å²) in [6.07, 6.45) is 3.75. The van der Waals surface area contributed by atoms with Gasteiger partial charge in [-0.05, 0) is 25.0 Å². The minimum Gasteiger partial charge on any atom is -0.339 e. The van der Waals surface area contributed by atoms with Gasteiger partial charge in [0.15, 0.2) is 5.82 Å². The van der Waals surface area contributed by atoms with Crippen LogP contribution in [0, 0.1) is 0 Å². The van der Waals surface area contributed by atoms with Crippen LogP contribution in [0.5, 0.6) is 0 Å². The second-order valence-electron chi connectivity index (χ2n) is 5.02. The van der Waals surface area contributed by atoms with Crippen molar-refractivity contribution < 1.29 is 4.52 Å². The molecule has 0 radical (unpaired) electrons. The maximum atomic E-state index is 12.3. The summed E-state index contributed by atoms with van der Waals surface area (Å²) in [6, 6.07) is 7.28. The molecular formula is C14H12N4O2. The summed E-state index contributed by atoms with van der Waals surface area (Å²) in [5.41, 5.74) is 0.605. The van der Waals surface area contributed by atoms with Gasteiger partial charge in [-0.1, -0.05) is 17.3 Å². The lowest BCUT2D eigenvalue weighted by molar-refractivity contribution is 0.373. The third-order valence-corrected chi connectivity index (χ3v) is 3.45. The summed E-state index contributed by atoms with van der Waals surface area (Å²) < 4.78 is 6.70. The predicted octanol–water partition coefficient (Wildman–Crippen LogP) is 1.71. The van der Waals surface area contributed by atoms with Gasteiger partial charge in [-0.2, -0.15) is 4.98 Å². The molecule has 100 valence electrons. The van der Waals surface area contributed by atoms with Crippen molar-refractivity contribution in [3.8, 4) is 0 Å². The number of hydrogen-bond donors (Lipinski definition) is 0. The fraction of sp³-hybridized carbons (Fsp3) is 0.286. The van der Waals surface area contributed by atoms with Crippen molar-refractivity contribution in [3.05, 3.63) is 52.7 Å². The van der Waals surface area contributed by atoms with Crippen molar-refractivity contribution in [2.45, 2.75) is 25.3 Å². The molecule has 1 aliphatic carbocycles. The van der Waals surface area contributed by atoms with Crippen LogP contribution < -0.4 is 5.56 Å². The van der Waals surface area contributed by atoms with E-state index in [0.29, 0.717) is 28.5 Å². The van der Waals surface area contributed by atoms with Crippen LogP contribution >= 0.6 is 0 Å². The predicted molar refractivity (Wildman–Crippen MR) is 71.4 cm³/mol. The Morgan fingerprint density at radius 2 is 2.15 bits per heavy atom. The van der Waals surface area contributed by atoms with Crippen molar-refractivity contribution in [1.29, 1.82) is 0 Å². The van der Waals surface area contributed by atoms with E-state index < -0.39 is 0 Å². The van der Waals surface area contributed by atoms with E-state index in [1.807, 2.05) is 18.2 Å². The van der Waals surface area contributed by atoms with Crippen molar-refractivity contribution in [2.24, 2.45) is 0 Å². The van der Waals surface area contributed by atoms with Crippen molar-refractivity contribution >= 4 is 10.9 Å². The first-order valence-electron chi connectivity index (χ1n) is 6.58. The van der Waals surface area contributed by atoms with E-state index in [4.69, 9.17) is 4.52 Å². The van der Waals surface area contributed by atoms with Crippen molar-refractivity contribution in [1.82, 2.24) is 19.7 Å². The second-order valence-corrected chi connectivity index (χ2v) is 5.02. The highest BCUT2D eigenvalue weighted by atomic mass is 16.5. The molecule has 6 heteroatoms. The molecule has 6 nitrogen and oxygen atoms in total. The van der Waals surface area contributed by atoms with Gasteiger partial charge in [0.1, 0.15) is 0 Å². The molecule has 0 amide bonds. The van der Waals surface area contributed by atoms with Gasteiger partial charge in [0.05, 0.1) is 23.8 Å². The van der Waals surface area contributed by atoms with Crippen LogP contribution in [0.25, 0.3) is 10.9 Å². The Hall–Kier alpha value is -2.50. The molecule has 0 aliphatic heterocycles. The Kier molecular flexibility index (Phi) is 2.42. The summed E-state index contributed by atoms with van der Waals surface area (Å²) in [7, 11) is 0. The van der Waals surface area contributed by atoms with Crippen LogP contribution in [-0.2, 0) is 6.54 Å². The highest BCUT2D eigenvalue weighted by molar-refractivity contribution is 5.76. The number of benzene rings is 1. The average Bonchev–Trinajstić information content (AvgIpc) is 3.23. The molecule has 0 N–H and O–H groups in total. The highest BCUT2D eigenvalue weighted by Gasteiger charge is 2.29. The summed E-state index contributed by atoms with van der Waals surface area (Å²) in [5, 5.41) is 4.52. The fourth-order valence-electron chi connectivity index (χ4n) is 2.20. The molecule has 0 atom stereocenters. The third kappa shape index (κ3) is 1.89. The SMILES string of the molecule is O=c1c2ccccc2ncn1Cc1noc(C2CC2)n1. The van der Waals surface area contributed by atoms with E-state index in [0.717, 1.165) is 12.8 Å². The number of para-hydroxylation sites is 1. The average molecular weight is 268 g/mol. The maximum absolute atomic E-state index is 12.3. The number of hydrogen-bond acceptors (Lipinski definition) is 5. The van der Waals surface area contributed by atoms with Crippen LogP contribution in [0.15, 0.2) is 39.9 Å². The van der Waals surface area contributed by atoms with E-state index in [1.165, 1.54) is 10.9 Å². The fourth-order valence-corrected chi connectivity index (χ4v) is 2.20. The summed E-state index contributed by atoms with van der Waals surface area (Å²) in [6.45, 7) is 0.285. The second kappa shape index (κ2) is 4.26. The van der Waals surface area contributed by atoms with Gasteiger partial charge in [-0.15, -0.1) is 0 Å². The summed E-state index contributed by atoms with van der Waals surface area (Å²) >= 11 is 0. The minimum atomic E-state index is -0.0895. The number of rotatable bonds is 3. The molecule has 0 unspecified atom stereocenters. The van der Waals surface area contributed by atoms with Crippen molar-refractivity contribution in [3.63, 3.8) is 0 Å². The molecule has 3 aromatic rings. The first kappa shape index (κ1) is 11.3. The Morgan fingerprint density at radius 3 is 3.00 bits per heavy atom. The lowest BCUT2D eigenvalue weighted by Crippen LogP contribution is -2.21. The van der Waals surface area contributed by atoms with Crippen LogP contribution in [0.3, 0.4) is 0 Å². The van der Waals surface area contributed by atoms with Crippen LogP contribution in [0.2, 0.25) is 0 Å². The van der Waals surface area contributed by atoms with Crippen LogP contribution in [0.4, 0.5) is 0 Å². The highest BCUT2D eigenvalue weighted by Crippen LogP contribution is 2.38. The molecule has 1 aliphatic rings. The molecule has 1 fully saturated rings. The van der Waals surface area contributed by atoms with Crippen molar-refractivity contribution in [2.75, 3.05) is 0 Å². The smallest absolute Gasteiger partial charge is 0.261 e. The number of fused-ring (bicyclic) bond motifs is 1. The van der Waals surface area contributed by atoms with Gasteiger partial charge in [-0.3, -0.25) is 9.36 Å². The van der Waals surface area contributed by atoms with E-state index in [9.17, 15) is 4.79 Å². The molecule has 20 heavy (non-hydrogen) atoms. The van der Waals surface area contributed by atoms with Gasteiger partial charge >= 0.3 is 0 Å². The molecule has 0 saturated heterocycles. The Bertz CT molecular complexity index is 832. The van der Waals surface area contributed by atoms with Gasteiger partial charge in [0.2, 0.25) is 5.89 Å². The maximum Gasteiger partial charge on any atom is 0.261 e. The summed E-state index contributed by atoms with van der Waals surface area (Å²) in [4.78, 5) is 20.9. The zero-order chi connectivity index (χ0) is 13.5. The number of aromatic nitrogens is 4. The topological polar surface area (TPSA) is 73.8 Å². The van der Waals surface area contributed by atoms with E-state index in [2.05, 4.69) is 15.1 Å².